The fourth-order valence-electron chi connectivity index (χ4n) is 1.73. The van der Waals surface area contributed by atoms with Crippen LogP contribution in [0.5, 0.6) is 0 Å². The lowest BCUT2D eigenvalue weighted by Gasteiger charge is -2.13. The van der Waals surface area contributed by atoms with Crippen LogP contribution in [0.4, 0.5) is 30.6 Å². The molecular weight excluding hydrogens is 269 g/mol. The van der Waals surface area contributed by atoms with Gasteiger partial charge in [0.1, 0.15) is 5.82 Å². The summed E-state index contributed by atoms with van der Waals surface area (Å²) in [5.74, 6) is 0.426. The van der Waals surface area contributed by atoms with Crippen LogP contribution < -0.4 is 11.1 Å². The number of hydrogen-bond donors (Lipinski definition) is 2. The summed E-state index contributed by atoms with van der Waals surface area (Å²) >= 11 is 0. The molecule has 0 aliphatic heterocycles. The molecule has 2 rings (SSSR count). The van der Waals surface area contributed by atoms with E-state index >= 15 is 0 Å². The van der Waals surface area contributed by atoms with Gasteiger partial charge in [0.2, 0.25) is 5.95 Å². The molecule has 2 aromatic rings. The number of alkyl halides is 3. The Balaban J connectivity index is 2.37. The molecule has 20 heavy (non-hydrogen) atoms. The van der Waals surface area contributed by atoms with Gasteiger partial charge in [0.05, 0.1) is 5.56 Å². The summed E-state index contributed by atoms with van der Waals surface area (Å²) in [4.78, 5) is 7.84. The molecule has 0 spiro atoms. The predicted molar refractivity (Wildman–Crippen MR) is 70.6 cm³/mol. The van der Waals surface area contributed by atoms with Gasteiger partial charge in [-0.2, -0.15) is 18.2 Å². The molecule has 1 aromatic heterocycles. The summed E-state index contributed by atoms with van der Waals surface area (Å²) in [6, 6.07) is 5.10. The van der Waals surface area contributed by atoms with Gasteiger partial charge in [0.25, 0.3) is 0 Å². The number of anilines is 3. The third-order valence-electron chi connectivity index (χ3n) is 2.70. The fraction of sp³-hybridized carbons (Fsp3) is 0.231. The summed E-state index contributed by atoms with van der Waals surface area (Å²) in [7, 11) is 0. The van der Waals surface area contributed by atoms with Crippen molar-refractivity contribution in [2.75, 3.05) is 11.1 Å². The monoisotopic (exact) mass is 282 g/mol. The molecule has 3 N–H and O–H groups in total. The lowest BCUT2D eigenvalue weighted by atomic mass is 10.1. The molecule has 4 nitrogen and oxygen atoms in total. The van der Waals surface area contributed by atoms with E-state index in [1.165, 1.54) is 6.07 Å². The van der Waals surface area contributed by atoms with Crippen molar-refractivity contribution in [2.24, 2.45) is 0 Å². The van der Waals surface area contributed by atoms with E-state index in [1.54, 1.807) is 19.9 Å². The number of hydrogen-bond acceptors (Lipinski definition) is 4. The SMILES string of the molecule is Cc1cc(Nc2cc(C(F)(F)F)ccc2C)nc(N)n1. The summed E-state index contributed by atoms with van der Waals surface area (Å²) in [5, 5.41) is 2.84. The maximum Gasteiger partial charge on any atom is 0.416 e. The third-order valence-corrected chi connectivity index (χ3v) is 2.70. The molecule has 7 heteroatoms. The van der Waals surface area contributed by atoms with Crippen LogP contribution >= 0.6 is 0 Å². The molecule has 0 aliphatic carbocycles. The zero-order chi connectivity index (χ0) is 14.9. The number of nitrogens with two attached hydrogens (primary N) is 1. The smallest absolute Gasteiger partial charge is 0.368 e. The average Bonchev–Trinajstić information content (AvgIpc) is 2.29. The van der Waals surface area contributed by atoms with Gasteiger partial charge in [0.15, 0.2) is 0 Å². The Morgan fingerprint density at radius 3 is 2.40 bits per heavy atom. The molecule has 0 unspecified atom stereocenters. The second kappa shape index (κ2) is 4.99. The highest BCUT2D eigenvalue weighted by atomic mass is 19.4. The van der Waals surface area contributed by atoms with Crippen molar-refractivity contribution in [3.05, 3.63) is 41.1 Å². The van der Waals surface area contributed by atoms with Crippen LogP contribution in [-0.4, -0.2) is 9.97 Å². The second-order valence-electron chi connectivity index (χ2n) is 4.41. The van der Waals surface area contributed by atoms with Gasteiger partial charge in [-0.05, 0) is 31.5 Å². The molecule has 106 valence electrons. The van der Waals surface area contributed by atoms with Crippen LogP contribution in [0, 0.1) is 13.8 Å². The van der Waals surface area contributed by atoms with Gasteiger partial charge in [-0.1, -0.05) is 6.07 Å². The minimum Gasteiger partial charge on any atom is -0.368 e. The number of aryl methyl sites for hydroxylation is 2. The van der Waals surface area contributed by atoms with E-state index in [0.29, 0.717) is 22.8 Å². The number of rotatable bonds is 2. The van der Waals surface area contributed by atoms with Crippen LogP contribution in [0.1, 0.15) is 16.8 Å². The highest BCUT2D eigenvalue weighted by Crippen LogP contribution is 2.32. The van der Waals surface area contributed by atoms with Crippen molar-refractivity contribution in [2.45, 2.75) is 20.0 Å². The topological polar surface area (TPSA) is 63.8 Å². The molecule has 1 aromatic carbocycles. The van der Waals surface area contributed by atoms with Crippen LogP contribution in [0.2, 0.25) is 0 Å². The molecular formula is C13H13F3N4. The summed E-state index contributed by atoms with van der Waals surface area (Å²) in [6.07, 6.45) is -4.38. The number of benzene rings is 1. The molecule has 0 saturated heterocycles. The van der Waals surface area contributed by atoms with Crippen LogP contribution in [-0.2, 0) is 6.18 Å². The first kappa shape index (κ1) is 14.1. The minimum absolute atomic E-state index is 0.0668. The molecule has 0 atom stereocenters. The number of aromatic nitrogens is 2. The van der Waals surface area contributed by atoms with Gasteiger partial charge in [-0.15, -0.1) is 0 Å². The van der Waals surface area contributed by atoms with Gasteiger partial charge < -0.3 is 11.1 Å². The Hall–Kier alpha value is -2.31. The summed E-state index contributed by atoms with van der Waals surface area (Å²) in [5.41, 5.74) is 6.42. The Kier molecular flexibility index (Phi) is 3.52. The van der Waals surface area contributed by atoms with E-state index in [1.807, 2.05) is 0 Å². The normalized spacial score (nSPS) is 11.4. The van der Waals surface area contributed by atoms with E-state index in [9.17, 15) is 13.2 Å². The molecule has 0 radical (unpaired) electrons. The Morgan fingerprint density at radius 2 is 1.80 bits per heavy atom. The van der Waals surface area contributed by atoms with Crippen molar-refractivity contribution in [1.82, 2.24) is 9.97 Å². The molecule has 0 amide bonds. The Bertz CT molecular complexity index is 618. The first-order valence-electron chi connectivity index (χ1n) is 5.82. The van der Waals surface area contributed by atoms with E-state index in [2.05, 4.69) is 15.3 Å². The van der Waals surface area contributed by atoms with E-state index in [-0.39, 0.29) is 5.95 Å². The molecule has 0 fully saturated rings. The van der Waals surface area contributed by atoms with Gasteiger partial charge in [-0.25, -0.2) is 4.98 Å². The Labute approximate surface area is 113 Å². The summed E-state index contributed by atoms with van der Waals surface area (Å²) < 4.78 is 38.1. The highest BCUT2D eigenvalue weighted by molar-refractivity contribution is 5.62. The van der Waals surface area contributed by atoms with E-state index in [0.717, 1.165) is 12.1 Å². The average molecular weight is 282 g/mol. The summed E-state index contributed by atoms with van der Waals surface area (Å²) in [6.45, 7) is 3.43. The number of nitrogens with one attached hydrogen (secondary N) is 1. The minimum atomic E-state index is -4.38. The van der Waals surface area contributed by atoms with Gasteiger partial charge in [-0.3, -0.25) is 0 Å². The lowest BCUT2D eigenvalue weighted by Crippen LogP contribution is -2.07. The number of nitrogens with zero attached hydrogens (tertiary/aromatic N) is 2. The zero-order valence-electron chi connectivity index (χ0n) is 10.9. The van der Waals surface area contributed by atoms with E-state index < -0.39 is 11.7 Å². The van der Waals surface area contributed by atoms with Crippen molar-refractivity contribution < 1.29 is 13.2 Å². The quantitative estimate of drug-likeness (QED) is 0.885. The van der Waals surface area contributed by atoms with Gasteiger partial charge in [0, 0.05) is 17.4 Å². The fourth-order valence-corrected chi connectivity index (χ4v) is 1.73. The standard InChI is InChI=1S/C13H13F3N4/c1-7-3-4-9(13(14,15)16)6-10(7)19-11-5-8(2)18-12(17)20-11/h3-6H,1-2H3,(H3,17,18,19,20). The van der Waals surface area contributed by atoms with Gasteiger partial charge >= 0.3 is 6.18 Å². The highest BCUT2D eigenvalue weighted by Gasteiger charge is 2.30. The van der Waals surface area contributed by atoms with Crippen molar-refractivity contribution in [3.8, 4) is 0 Å². The zero-order valence-corrected chi connectivity index (χ0v) is 10.9. The maximum absolute atomic E-state index is 12.7. The first-order chi connectivity index (χ1) is 9.25. The lowest BCUT2D eigenvalue weighted by molar-refractivity contribution is -0.137. The number of halogens is 3. The predicted octanol–water partition coefficient (Wildman–Crippen LogP) is 3.44. The molecule has 0 aliphatic rings. The Morgan fingerprint density at radius 1 is 1.10 bits per heavy atom. The molecule has 0 bridgehead atoms. The van der Waals surface area contributed by atoms with Crippen LogP contribution in [0.15, 0.2) is 24.3 Å². The van der Waals surface area contributed by atoms with Crippen molar-refractivity contribution in [3.63, 3.8) is 0 Å². The van der Waals surface area contributed by atoms with Crippen molar-refractivity contribution >= 4 is 17.5 Å². The maximum atomic E-state index is 12.7. The van der Waals surface area contributed by atoms with Crippen LogP contribution in [0.25, 0.3) is 0 Å². The second-order valence-corrected chi connectivity index (χ2v) is 4.41. The van der Waals surface area contributed by atoms with Crippen LogP contribution in [0.3, 0.4) is 0 Å². The molecule has 1 heterocycles. The van der Waals surface area contributed by atoms with Crippen molar-refractivity contribution in [1.29, 1.82) is 0 Å². The third kappa shape index (κ3) is 3.17. The largest absolute Gasteiger partial charge is 0.416 e. The first-order valence-corrected chi connectivity index (χ1v) is 5.82. The number of nitrogen functional groups attached to an aromatic ring is 1. The van der Waals surface area contributed by atoms with E-state index in [4.69, 9.17) is 5.73 Å². The molecule has 0 saturated carbocycles.